The maximum absolute atomic E-state index is 5.89. The molecule has 0 saturated carbocycles. The van der Waals surface area contributed by atoms with Gasteiger partial charge in [-0.15, -0.1) is 0 Å². The molecule has 1 aliphatic heterocycles. The molecule has 19 heavy (non-hydrogen) atoms. The van der Waals surface area contributed by atoms with E-state index in [-0.39, 0.29) is 6.10 Å². The Hall–Kier alpha value is -2.30. The third kappa shape index (κ3) is 2.76. The molecule has 1 atom stereocenters. The van der Waals surface area contributed by atoms with Crippen LogP contribution in [0.5, 0.6) is 11.5 Å². The largest absolute Gasteiger partial charge is 0.486 e. The first-order valence-corrected chi connectivity index (χ1v) is 6.26. The number of aryl methyl sites for hydroxylation is 1. The van der Waals surface area contributed by atoms with Crippen molar-refractivity contribution < 1.29 is 9.47 Å². The molecule has 0 amide bonds. The van der Waals surface area contributed by atoms with Gasteiger partial charge in [0.2, 0.25) is 5.95 Å². The molecule has 5 nitrogen and oxygen atoms in total. The van der Waals surface area contributed by atoms with Gasteiger partial charge in [-0.1, -0.05) is 12.1 Å². The van der Waals surface area contributed by atoms with Crippen LogP contribution in [0.3, 0.4) is 0 Å². The van der Waals surface area contributed by atoms with Crippen molar-refractivity contribution in [2.45, 2.75) is 18.9 Å². The van der Waals surface area contributed by atoms with Gasteiger partial charge in [-0.3, -0.25) is 0 Å². The van der Waals surface area contributed by atoms with Gasteiger partial charge in [0.15, 0.2) is 11.5 Å². The maximum Gasteiger partial charge on any atom is 0.219 e. The summed E-state index contributed by atoms with van der Waals surface area (Å²) in [5.41, 5.74) is 6.50. The number of hydrogen-bond acceptors (Lipinski definition) is 5. The normalized spacial score (nSPS) is 17.2. The zero-order chi connectivity index (χ0) is 13.1. The van der Waals surface area contributed by atoms with E-state index in [2.05, 4.69) is 9.97 Å². The van der Waals surface area contributed by atoms with E-state index in [4.69, 9.17) is 15.2 Å². The van der Waals surface area contributed by atoms with Crippen LogP contribution in [0, 0.1) is 0 Å². The van der Waals surface area contributed by atoms with Gasteiger partial charge in [-0.25, -0.2) is 9.97 Å². The fourth-order valence-electron chi connectivity index (χ4n) is 2.03. The monoisotopic (exact) mass is 257 g/mol. The molecule has 0 aliphatic carbocycles. The van der Waals surface area contributed by atoms with E-state index in [9.17, 15) is 0 Å². The zero-order valence-electron chi connectivity index (χ0n) is 10.5. The number of fused-ring (bicyclic) bond motifs is 1. The first-order valence-electron chi connectivity index (χ1n) is 6.26. The molecule has 98 valence electrons. The Kier molecular flexibility index (Phi) is 3.18. The highest BCUT2D eigenvalue weighted by Crippen LogP contribution is 2.31. The average molecular weight is 257 g/mol. The molecule has 0 spiro atoms. The Bertz CT molecular complexity index is 557. The Labute approximate surface area is 111 Å². The van der Waals surface area contributed by atoms with Crippen molar-refractivity contribution in [3.05, 3.63) is 42.2 Å². The van der Waals surface area contributed by atoms with Crippen LogP contribution in [0.4, 0.5) is 5.95 Å². The maximum atomic E-state index is 5.89. The SMILES string of the molecule is Nc1ncc(CC[C@H]2COc3ccccc3O2)cn1. The number of nitrogens with zero attached hydrogens (tertiary/aromatic N) is 2. The molecular weight excluding hydrogens is 242 g/mol. The third-order valence-electron chi connectivity index (χ3n) is 3.05. The molecule has 1 aromatic carbocycles. The number of benzene rings is 1. The average Bonchev–Trinajstić information content (AvgIpc) is 2.46. The van der Waals surface area contributed by atoms with Crippen molar-refractivity contribution in [1.82, 2.24) is 9.97 Å². The van der Waals surface area contributed by atoms with Gasteiger partial charge in [-0.05, 0) is 30.5 Å². The lowest BCUT2D eigenvalue weighted by Crippen LogP contribution is -2.29. The second-order valence-electron chi connectivity index (χ2n) is 4.49. The van der Waals surface area contributed by atoms with Crippen LogP contribution in [0.15, 0.2) is 36.7 Å². The van der Waals surface area contributed by atoms with Crippen molar-refractivity contribution >= 4 is 5.95 Å². The standard InChI is InChI=1S/C14H15N3O2/c15-14-16-7-10(8-17-14)5-6-11-9-18-12-3-1-2-4-13(12)19-11/h1-4,7-8,11H,5-6,9H2,(H2,15,16,17)/t11-/m0/s1. The molecule has 3 rings (SSSR count). The zero-order valence-corrected chi connectivity index (χ0v) is 10.5. The molecular formula is C14H15N3O2. The Morgan fingerprint density at radius 2 is 1.89 bits per heavy atom. The topological polar surface area (TPSA) is 70.3 Å². The molecule has 0 fully saturated rings. The summed E-state index contributed by atoms with van der Waals surface area (Å²) in [4.78, 5) is 7.95. The summed E-state index contributed by atoms with van der Waals surface area (Å²) in [5, 5.41) is 0. The van der Waals surface area contributed by atoms with Gasteiger partial charge in [0.1, 0.15) is 12.7 Å². The number of nitrogen functional groups attached to an aromatic ring is 1. The summed E-state index contributed by atoms with van der Waals surface area (Å²) < 4.78 is 11.6. The van der Waals surface area contributed by atoms with Crippen LogP contribution >= 0.6 is 0 Å². The van der Waals surface area contributed by atoms with Crippen molar-refractivity contribution in [2.75, 3.05) is 12.3 Å². The molecule has 0 unspecified atom stereocenters. The summed E-state index contributed by atoms with van der Waals surface area (Å²) in [6.07, 6.45) is 5.27. The number of aromatic nitrogens is 2. The van der Waals surface area contributed by atoms with Crippen LogP contribution in [0.2, 0.25) is 0 Å². The number of anilines is 1. The fourth-order valence-corrected chi connectivity index (χ4v) is 2.03. The van der Waals surface area contributed by atoms with Gasteiger partial charge < -0.3 is 15.2 Å². The van der Waals surface area contributed by atoms with Crippen LogP contribution in [-0.2, 0) is 6.42 Å². The molecule has 0 radical (unpaired) electrons. The number of para-hydroxylation sites is 2. The lowest BCUT2D eigenvalue weighted by molar-refractivity contribution is 0.0851. The van der Waals surface area contributed by atoms with E-state index in [0.29, 0.717) is 12.6 Å². The first-order chi connectivity index (χ1) is 9.31. The number of rotatable bonds is 3. The molecule has 0 saturated heterocycles. The quantitative estimate of drug-likeness (QED) is 0.908. The van der Waals surface area contributed by atoms with Gasteiger partial charge in [0.25, 0.3) is 0 Å². The Balaban J connectivity index is 1.59. The second kappa shape index (κ2) is 5.14. The van der Waals surface area contributed by atoms with Crippen molar-refractivity contribution in [1.29, 1.82) is 0 Å². The molecule has 2 aromatic rings. The number of nitrogens with two attached hydrogens (primary N) is 1. The second-order valence-corrected chi connectivity index (χ2v) is 4.49. The highest BCUT2D eigenvalue weighted by Gasteiger charge is 2.20. The van der Waals surface area contributed by atoms with Crippen molar-refractivity contribution in [2.24, 2.45) is 0 Å². The Morgan fingerprint density at radius 3 is 2.68 bits per heavy atom. The van der Waals surface area contributed by atoms with Crippen LogP contribution in [0.25, 0.3) is 0 Å². The third-order valence-corrected chi connectivity index (χ3v) is 3.05. The molecule has 1 aromatic heterocycles. The summed E-state index contributed by atoms with van der Waals surface area (Å²) >= 11 is 0. The highest BCUT2D eigenvalue weighted by molar-refractivity contribution is 5.40. The van der Waals surface area contributed by atoms with E-state index < -0.39 is 0 Å². The molecule has 2 N–H and O–H groups in total. The number of ether oxygens (including phenoxy) is 2. The van der Waals surface area contributed by atoms with Crippen LogP contribution in [-0.4, -0.2) is 22.7 Å². The summed E-state index contributed by atoms with van der Waals surface area (Å²) in [7, 11) is 0. The van der Waals surface area contributed by atoms with Crippen LogP contribution in [0.1, 0.15) is 12.0 Å². The lowest BCUT2D eigenvalue weighted by atomic mass is 10.1. The fraction of sp³-hybridized carbons (Fsp3) is 0.286. The summed E-state index contributed by atoms with van der Waals surface area (Å²) in [6.45, 7) is 0.576. The minimum Gasteiger partial charge on any atom is -0.486 e. The molecule has 5 heteroatoms. The molecule has 0 bridgehead atoms. The van der Waals surface area contributed by atoms with Gasteiger partial charge in [0, 0.05) is 12.4 Å². The molecule has 2 heterocycles. The van der Waals surface area contributed by atoms with Gasteiger partial charge in [0.05, 0.1) is 0 Å². The van der Waals surface area contributed by atoms with E-state index in [1.165, 1.54) is 0 Å². The van der Waals surface area contributed by atoms with Crippen LogP contribution < -0.4 is 15.2 Å². The van der Waals surface area contributed by atoms with E-state index in [1.807, 2.05) is 24.3 Å². The van der Waals surface area contributed by atoms with E-state index in [1.54, 1.807) is 12.4 Å². The summed E-state index contributed by atoms with van der Waals surface area (Å²) in [5.74, 6) is 1.93. The highest BCUT2D eigenvalue weighted by atomic mass is 16.6. The minimum absolute atomic E-state index is 0.0625. The summed E-state index contributed by atoms with van der Waals surface area (Å²) in [6, 6.07) is 7.72. The number of hydrogen-bond donors (Lipinski definition) is 1. The predicted octanol–water partition coefficient (Wildman–Crippen LogP) is 1.83. The lowest BCUT2D eigenvalue weighted by Gasteiger charge is -2.26. The van der Waals surface area contributed by atoms with Crippen molar-refractivity contribution in [3.63, 3.8) is 0 Å². The van der Waals surface area contributed by atoms with E-state index in [0.717, 1.165) is 29.9 Å². The molecule has 1 aliphatic rings. The van der Waals surface area contributed by atoms with Crippen molar-refractivity contribution in [3.8, 4) is 11.5 Å². The minimum atomic E-state index is 0.0625. The smallest absolute Gasteiger partial charge is 0.219 e. The predicted molar refractivity (Wildman–Crippen MR) is 71.1 cm³/mol. The first kappa shape index (κ1) is 11.8. The van der Waals surface area contributed by atoms with E-state index >= 15 is 0 Å². The van der Waals surface area contributed by atoms with Gasteiger partial charge in [-0.2, -0.15) is 0 Å². The Morgan fingerprint density at radius 1 is 1.16 bits per heavy atom. The van der Waals surface area contributed by atoms with Gasteiger partial charge >= 0.3 is 0 Å².